The molecule has 0 aliphatic heterocycles. The van der Waals surface area contributed by atoms with Crippen LogP contribution >= 0.6 is 0 Å². The first-order valence-corrected chi connectivity index (χ1v) is 10.3. The zero-order valence-electron chi connectivity index (χ0n) is 17.7. The lowest BCUT2D eigenvalue weighted by atomic mass is 9.93. The molecule has 4 N–H and O–H groups in total. The third-order valence-electron chi connectivity index (χ3n) is 5.22. The van der Waals surface area contributed by atoms with E-state index in [1.54, 1.807) is 6.07 Å². The predicted octanol–water partition coefficient (Wildman–Crippen LogP) is 2.99. The number of hydrogen-bond acceptors (Lipinski definition) is 5. The number of imidazole rings is 1. The number of anilines is 1. The second-order valence-electron chi connectivity index (χ2n) is 8.44. The molecule has 0 saturated carbocycles. The Bertz CT molecular complexity index is 1240. The first-order valence-electron chi connectivity index (χ1n) is 10.3. The van der Waals surface area contributed by atoms with Crippen LogP contribution in [0.5, 0.6) is 0 Å². The summed E-state index contributed by atoms with van der Waals surface area (Å²) in [6, 6.07) is 15.2. The molecule has 160 valence electrons. The molecule has 0 aliphatic rings. The Morgan fingerprint density at radius 3 is 2.58 bits per heavy atom. The van der Waals surface area contributed by atoms with Crippen LogP contribution in [0.4, 0.5) is 5.82 Å². The molecule has 2 aromatic heterocycles. The number of aryl methyl sites for hydroxylation is 1. The Labute approximate surface area is 179 Å². The summed E-state index contributed by atoms with van der Waals surface area (Å²) >= 11 is 0. The number of amides is 1. The van der Waals surface area contributed by atoms with E-state index in [1.807, 2.05) is 42.5 Å². The van der Waals surface area contributed by atoms with Crippen LogP contribution in [0.3, 0.4) is 0 Å². The molecular weight excluding hydrogens is 392 g/mol. The van der Waals surface area contributed by atoms with E-state index in [-0.39, 0.29) is 16.9 Å². The minimum Gasteiger partial charge on any atom is -0.368 e. The van der Waals surface area contributed by atoms with Gasteiger partial charge in [0.15, 0.2) is 5.82 Å². The molecule has 1 amide bonds. The summed E-state index contributed by atoms with van der Waals surface area (Å²) in [5, 5.41) is 14.3. The Kier molecular flexibility index (Phi) is 5.70. The van der Waals surface area contributed by atoms with Crippen molar-refractivity contribution in [2.45, 2.75) is 26.7 Å². The average molecular weight is 419 g/mol. The van der Waals surface area contributed by atoms with Gasteiger partial charge in [-0.05, 0) is 23.6 Å². The highest BCUT2D eigenvalue weighted by Gasteiger charge is 2.20. The van der Waals surface area contributed by atoms with E-state index in [2.05, 4.69) is 44.6 Å². The van der Waals surface area contributed by atoms with Gasteiger partial charge in [0.25, 0.3) is 5.56 Å². The van der Waals surface area contributed by atoms with E-state index in [0.717, 1.165) is 22.2 Å². The molecule has 2 heterocycles. The zero-order valence-corrected chi connectivity index (χ0v) is 17.7. The molecule has 0 fully saturated rings. The number of nitrogens with zero attached hydrogens (tertiary/aromatic N) is 2. The molecule has 2 aromatic carbocycles. The SMILES string of the molecule is CC(C)(CNC(=O)CCc1nc2ccccc2[nH]1)CNc1n[nH]c(=O)c2ccccc12. The maximum absolute atomic E-state index is 12.3. The lowest BCUT2D eigenvalue weighted by Gasteiger charge is -2.25. The van der Waals surface area contributed by atoms with E-state index < -0.39 is 0 Å². The highest BCUT2D eigenvalue weighted by molar-refractivity contribution is 5.90. The van der Waals surface area contributed by atoms with E-state index in [4.69, 9.17) is 0 Å². The number of fused-ring (bicyclic) bond motifs is 2. The van der Waals surface area contributed by atoms with Crippen LogP contribution in [0.25, 0.3) is 21.8 Å². The van der Waals surface area contributed by atoms with Crippen LogP contribution in [0.15, 0.2) is 53.3 Å². The highest BCUT2D eigenvalue weighted by atomic mass is 16.1. The zero-order chi connectivity index (χ0) is 21.8. The Hall–Kier alpha value is -3.68. The minimum atomic E-state index is -0.214. The first kappa shape index (κ1) is 20.6. The smallest absolute Gasteiger partial charge is 0.272 e. The number of H-pyrrole nitrogens is 2. The molecule has 0 atom stereocenters. The van der Waals surface area contributed by atoms with Crippen molar-refractivity contribution in [1.82, 2.24) is 25.5 Å². The molecule has 8 nitrogen and oxygen atoms in total. The Morgan fingerprint density at radius 2 is 1.77 bits per heavy atom. The third kappa shape index (κ3) is 4.91. The summed E-state index contributed by atoms with van der Waals surface area (Å²) in [4.78, 5) is 32.0. The summed E-state index contributed by atoms with van der Waals surface area (Å²) in [7, 11) is 0. The van der Waals surface area contributed by atoms with E-state index in [9.17, 15) is 9.59 Å². The summed E-state index contributed by atoms with van der Waals surface area (Å²) in [6.45, 7) is 5.22. The molecular formula is C23H26N6O2. The van der Waals surface area contributed by atoms with Gasteiger partial charge in [0.05, 0.1) is 16.4 Å². The molecule has 8 heteroatoms. The van der Waals surface area contributed by atoms with Gasteiger partial charge in [-0.1, -0.05) is 44.2 Å². The lowest BCUT2D eigenvalue weighted by molar-refractivity contribution is -0.121. The van der Waals surface area contributed by atoms with Crippen molar-refractivity contribution in [1.29, 1.82) is 0 Å². The molecule has 4 aromatic rings. The van der Waals surface area contributed by atoms with Gasteiger partial charge in [0, 0.05) is 31.3 Å². The monoisotopic (exact) mass is 418 g/mol. The summed E-state index contributed by atoms with van der Waals surface area (Å²) in [6.07, 6.45) is 0.932. The predicted molar refractivity (Wildman–Crippen MR) is 122 cm³/mol. The van der Waals surface area contributed by atoms with Crippen molar-refractivity contribution in [2.75, 3.05) is 18.4 Å². The van der Waals surface area contributed by atoms with Crippen molar-refractivity contribution in [2.24, 2.45) is 5.41 Å². The van der Waals surface area contributed by atoms with Crippen LogP contribution in [0.1, 0.15) is 26.1 Å². The molecule has 0 aliphatic carbocycles. The van der Waals surface area contributed by atoms with Gasteiger partial charge < -0.3 is 15.6 Å². The van der Waals surface area contributed by atoms with Crippen molar-refractivity contribution in [3.63, 3.8) is 0 Å². The standard InChI is InChI=1S/C23H26N6O2/c1-23(2,14-25-21-15-7-3-4-8-16(15)22(31)29-28-21)13-24-20(30)12-11-19-26-17-9-5-6-10-18(17)27-19/h3-10H,11-14H2,1-2H3,(H,24,30)(H,25,28)(H,26,27)(H,29,31). The maximum atomic E-state index is 12.3. The highest BCUT2D eigenvalue weighted by Crippen LogP contribution is 2.20. The van der Waals surface area contributed by atoms with E-state index in [0.29, 0.717) is 37.1 Å². The molecule has 0 radical (unpaired) electrons. The van der Waals surface area contributed by atoms with Crippen LogP contribution in [-0.2, 0) is 11.2 Å². The molecule has 31 heavy (non-hydrogen) atoms. The third-order valence-corrected chi connectivity index (χ3v) is 5.22. The second-order valence-corrected chi connectivity index (χ2v) is 8.44. The quantitative estimate of drug-likeness (QED) is 0.351. The number of carbonyl (C=O) groups excluding carboxylic acids is 1. The van der Waals surface area contributed by atoms with Crippen molar-refractivity contribution >= 4 is 33.5 Å². The van der Waals surface area contributed by atoms with Gasteiger partial charge in [-0.2, -0.15) is 5.10 Å². The van der Waals surface area contributed by atoms with Gasteiger partial charge in [-0.15, -0.1) is 0 Å². The summed E-state index contributed by atoms with van der Waals surface area (Å²) < 4.78 is 0. The number of nitrogens with one attached hydrogen (secondary N) is 4. The number of carbonyl (C=O) groups is 1. The largest absolute Gasteiger partial charge is 0.368 e. The number of aromatic amines is 2. The molecule has 0 unspecified atom stereocenters. The topological polar surface area (TPSA) is 116 Å². The molecule has 0 bridgehead atoms. The van der Waals surface area contributed by atoms with E-state index >= 15 is 0 Å². The van der Waals surface area contributed by atoms with Gasteiger partial charge in [0.2, 0.25) is 5.91 Å². The number of benzene rings is 2. The van der Waals surface area contributed by atoms with Crippen LogP contribution in [0.2, 0.25) is 0 Å². The average Bonchev–Trinajstić information content (AvgIpc) is 3.19. The number of hydrogen-bond donors (Lipinski definition) is 4. The minimum absolute atomic E-state index is 0.0128. The number of rotatable bonds is 8. The molecule has 0 saturated heterocycles. The molecule has 4 rings (SSSR count). The van der Waals surface area contributed by atoms with E-state index in [1.165, 1.54) is 0 Å². The van der Waals surface area contributed by atoms with Gasteiger partial charge in [-0.3, -0.25) is 9.59 Å². The number of aromatic nitrogens is 4. The first-order chi connectivity index (χ1) is 14.9. The van der Waals surface area contributed by atoms with Crippen LogP contribution in [0, 0.1) is 5.41 Å². The number of para-hydroxylation sites is 2. The van der Waals surface area contributed by atoms with Crippen molar-refractivity contribution < 1.29 is 4.79 Å². The van der Waals surface area contributed by atoms with Crippen molar-refractivity contribution in [3.05, 3.63) is 64.7 Å². The fourth-order valence-electron chi connectivity index (χ4n) is 3.42. The normalized spacial score (nSPS) is 11.7. The fraction of sp³-hybridized carbons (Fsp3) is 0.304. The summed E-state index contributed by atoms with van der Waals surface area (Å²) in [5.41, 5.74) is 1.47. The Morgan fingerprint density at radius 1 is 1.03 bits per heavy atom. The fourth-order valence-corrected chi connectivity index (χ4v) is 3.42. The van der Waals surface area contributed by atoms with Gasteiger partial charge in [0.1, 0.15) is 5.82 Å². The Balaban J connectivity index is 1.29. The summed E-state index contributed by atoms with van der Waals surface area (Å²) in [5.74, 6) is 1.42. The van der Waals surface area contributed by atoms with Crippen LogP contribution in [-0.4, -0.2) is 39.2 Å². The van der Waals surface area contributed by atoms with Crippen molar-refractivity contribution in [3.8, 4) is 0 Å². The van der Waals surface area contributed by atoms with Crippen LogP contribution < -0.4 is 16.2 Å². The molecule has 0 spiro atoms. The lowest BCUT2D eigenvalue weighted by Crippen LogP contribution is -2.38. The maximum Gasteiger partial charge on any atom is 0.272 e. The van der Waals surface area contributed by atoms with Gasteiger partial charge in [-0.25, -0.2) is 10.1 Å². The van der Waals surface area contributed by atoms with Gasteiger partial charge >= 0.3 is 0 Å². The second kappa shape index (κ2) is 8.59.